The van der Waals surface area contributed by atoms with Crippen LogP contribution < -0.4 is 15.4 Å². The first-order valence-corrected chi connectivity index (χ1v) is 7.96. The van der Waals surface area contributed by atoms with E-state index >= 15 is 0 Å². The van der Waals surface area contributed by atoms with Crippen LogP contribution in [-0.4, -0.2) is 24.7 Å². The second-order valence-corrected chi connectivity index (χ2v) is 6.34. The van der Waals surface area contributed by atoms with Crippen molar-refractivity contribution in [3.05, 3.63) is 45.4 Å². The van der Waals surface area contributed by atoms with Crippen LogP contribution in [0.1, 0.15) is 21.0 Å². The van der Waals surface area contributed by atoms with E-state index in [0.29, 0.717) is 13.1 Å². The van der Waals surface area contributed by atoms with Crippen LogP contribution in [0.2, 0.25) is 0 Å². The van der Waals surface area contributed by atoms with Gasteiger partial charge in [0.2, 0.25) is 0 Å². The summed E-state index contributed by atoms with van der Waals surface area (Å²) in [6.45, 7) is 5.06. The lowest BCUT2D eigenvalue weighted by Crippen LogP contribution is -2.36. The van der Waals surface area contributed by atoms with Gasteiger partial charge in [-0.05, 0) is 31.9 Å². The van der Waals surface area contributed by atoms with Crippen molar-refractivity contribution in [2.24, 2.45) is 0 Å². The van der Waals surface area contributed by atoms with Gasteiger partial charge in [-0.15, -0.1) is 11.3 Å². The molecule has 0 aliphatic heterocycles. The van der Waals surface area contributed by atoms with Gasteiger partial charge in [0.15, 0.2) is 0 Å². The summed E-state index contributed by atoms with van der Waals surface area (Å²) >= 11 is 1.59. The fourth-order valence-electron chi connectivity index (χ4n) is 2.13. The number of hydrogen-bond acceptors (Lipinski definition) is 4. The third kappa shape index (κ3) is 4.73. The van der Waals surface area contributed by atoms with E-state index in [0.717, 1.165) is 27.6 Å². The predicted molar refractivity (Wildman–Crippen MR) is 88.5 cm³/mol. The molecule has 0 spiro atoms. The van der Waals surface area contributed by atoms with Gasteiger partial charge in [0.05, 0.1) is 18.7 Å². The maximum Gasteiger partial charge on any atom is 0.315 e. The first-order chi connectivity index (χ1) is 10.6. The molecule has 0 fully saturated rings. The molecule has 22 heavy (non-hydrogen) atoms. The number of methoxy groups -OCH3 is 1. The third-order valence-electron chi connectivity index (χ3n) is 3.21. The molecule has 6 heteroatoms. The van der Waals surface area contributed by atoms with Gasteiger partial charge < -0.3 is 15.4 Å². The molecular formula is C16H21N3O2S. The average molecular weight is 319 g/mol. The molecule has 2 rings (SSSR count). The molecule has 0 radical (unpaired) electrons. The van der Waals surface area contributed by atoms with Crippen LogP contribution in [0.15, 0.2) is 24.4 Å². The van der Waals surface area contributed by atoms with E-state index in [-0.39, 0.29) is 6.03 Å². The lowest BCUT2D eigenvalue weighted by atomic mass is 10.1. The summed E-state index contributed by atoms with van der Waals surface area (Å²) < 4.78 is 5.33. The number of nitrogens with one attached hydrogen (secondary N) is 2. The van der Waals surface area contributed by atoms with Gasteiger partial charge in [-0.25, -0.2) is 9.78 Å². The van der Waals surface area contributed by atoms with E-state index < -0.39 is 0 Å². The van der Waals surface area contributed by atoms with Gasteiger partial charge in [-0.3, -0.25) is 0 Å². The molecule has 2 N–H and O–H groups in total. The Labute approximate surface area is 134 Å². The molecule has 0 aliphatic rings. The molecule has 118 valence electrons. The molecule has 1 heterocycles. The van der Waals surface area contributed by atoms with E-state index in [1.165, 1.54) is 5.56 Å². The Bertz CT molecular complexity index is 640. The number of aryl methyl sites for hydroxylation is 2. The van der Waals surface area contributed by atoms with Crippen LogP contribution in [0.4, 0.5) is 4.79 Å². The SMILES string of the molecule is COc1ccc(C)cc1CCNC(=O)NCc1cnc(C)s1. The summed E-state index contributed by atoms with van der Waals surface area (Å²) in [5.41, 5.74) is 2.28. The average Bonchev–Trinajstić information content (AvgIpc) is 2.91. The largest absolute Gasteiger partial charge is 0.496 e. The van der Waals surface area contributed by atoms with Crippen LogP contribution in [0.5, 0.6) is 5.75 Å². The van der Waals surface area contributed by atoms with Gasteiger partial charge >= 0.3 is 6.03 Å². The number of urea groups is 1. The lowest BCUT2D eigenvalue weighted by Gasteiger charge is -2.10. The summed E-state index contributed by atoms with van der Waals surface area (Å²) in [4.78, 5) is 17.0. The Morgan fingerprint density at radius 3 is 2.82 bits per heavy atom. The number of nitrogens with zero attached hydrogens (tertiary/aromatic N) is 1. The number of ether oxygens (including phenoxy) is 1. The zero-order chi connectivity index (χ0) is 15.9. The maximum atomic E-state index is 11.8. The zero-order valence-electron chi connectivity index (χ0n) is 13.1. The summed E-state index contributed by atoms with van der Waals surface area (Å²) in [6, 6.07) is 5.88. The van der Waals surface area contributed by atoms with E-state index in [4.69, 9.17) is 4.74 Å². The maximum absolute atomic E-state index is 11.8. The molecule has 2 amide bonds. The molecule has 0 aliphatic carbocycles. The minimum atomic E-state index is -0.169. The Balaban J connectivity index is 1.76. The van der Waals surface area contributed by atoms with Gasteiger partial charge in [0, 0.05) is 17.6 Å². The number of benzene rings is 1. The van der Waals surface area contributed by atoms with Gasteiger partial charge in [-0.1, -0.05) is 17.7 Å². The highest BCUT2D eigenvalue weighted by Gasteiger charge is 2.05. The van der Waals surface area contributed by atoms with Crippen LogP contribution >= 0.6 is 11.3 Å². The second kappa shape index (κ2) is 7.79. The minimum Gasteiger partial charge on any atom is -0.496 e. The van der Waals surface area contributed by atoms with E-state index in [1.54, 1.807) is 24.6 Å². The summed E-state index contributed by atoms with van der Waals surface area (Å²) in [7, 11) is 1.66. The molecule has 0 atom stereocenters. The standard InChI is InChI=1S/C16H21N3O2S/c1-11-4-5-15(21-3)13(8-11)6-7-17-16(20)19-10-14-9-18-12(2)22-14/h4-5,8-9H,6-7,10H2,1-3H3,(H2,17,19,20). The van der Waals surface area contributed by atoms with E-state index in [2.05, 4.69) is 21.7 Å². The molecule has 0 saturated carbocycles. The monoisotopic (exact) mass is 319 g/mol. The first-order valence-electron chi connectivity index (χ1n) is 7.15. The molecule has 1 aromatic heterocycles. The third-order valence-corrected chi connectivity index (χ3v) is 4.12. The van der Waals surface area contributed by atoms with E-state index in [9.17, 15) is 4.79 Å². The number of carbonyl (C=O) groups is 1. The Hall–Kier alpha value is -2.08. The molecule has 5 nitrogen and oxygen atoms in total. The highest BCUT2D eigenvalue weighted by molar-refractivity contribution is 7.11. The predicted octanol–water partition coefficient (Wildman–Crippen LogP) is 2.81. The van der Waals surface area contributed by atoms with Crippen molar-refractivity contribution in [1.82, 2.24) is 15.6 Å². The summed E-state index contributed by atoms with van der Waals surface area (Å²) in [5, 5.41) is 6.69. The topological polar surface area (TPSA) is 63.2 Å². The van der Waals surface area contributed by atoms with Crippen molar-refractivity contribution in [2.75, 3.05) is 13.7 Å². The molecule has 0 bridgehead atoms. The van der Waals surface area contributed by atoms with Crippen molar-refractivity contribution >= 4 is 17.4 Å². The normalized spacial score (nSPS) is 10.3. The number of carbonyl (C=O) groups excluding carboxylic acids is 1. The Morgan fingerprint density at radius 1 is 1.32 bits per heavy atom. The zero-order valence-corrected chi connectivity index (χ0v) is 13.9. The van der Waals surface area contributed by atoms with Crippen molar-refractivity contribution in [1.29, 1.82) is 0 Å². The quantitative estimate of drug-likeness (QED) is 0.860. The molecule has 0 saturated heterocycles. The lowest BCUT2D eigenvalue weighted by molar-refractivity contribution is 0.240. The van der Waals surface area contributed by atoms with Gasteiger partial charge in [0.25, 0.3) is 0 Å². The summed E-state index contributed by atoms with van der Waals surface area (Å²) in [5.74, 6) is 0.855. The van der Waals surface area contributed by atoms with Crippen LogP contribution in [-0.2, 0) is 13.0 Å². The van der Waals surface area contributed by atoms with Crippen LogP contribution in [0, 0.1) is 13.8 Å². The van der Waals surface area contributed by atoms with Crippen molar-refractivity contribution in [2.45, 2.75) is 26.8 Å². The minimum absolute atomic E-state index is 0.169. The van der Waals surface area contributed by atoms with Crippen LogP contribution in [0.3, 0.4) is 0 Å². The van der Waals surface area contributed by atoms with Crippen molar-refractivity contribution in [3.63, 3.8) is 0 Å². The van der Waals surface area contributed by atoms with Crippen molar-refractivity contribution < 1.29 is 9.53 Å². The first kappa shape index (κ1) is 16.3. The molecule has 1 aromatic carbocycles. The van der Waals surface area contributed by atoms with Crippen molar-refractivity contribution in [3.8, 4) is 5.75 Å². The number of hydrogen-bond donors (Lipinski definition) is 2. The number of thiazole rings is 1. The number of aromatic nitrogens is 1. The molecular weight excluding hydrogens is 298 g/mol. The van der Waals surface area contributed by atoms with E-state index in [1.807, 2.05) is 26.0 Å². The Morgan fingerprint density at radius 2 is 2.14 bits per heavy atom. The van der Waals surface area contributed by atoms with Gasteiger partial charge in [-0.2, -0.15) is 0 Å². The fourth-order valence-corrected chi connectivity index (χ4v) is 2.86. The fraction of sp³-hybridized carbons (Fsp3) is 0.375. The Kier molecular flexibility index (Phi) is 5.77. The molecule has 2 aromatic rings. The molecule has 0 unspecified atom stereocenters. The smallest absolute Gasteiger partial charge is 0.315 e. The summed E-state index contributed by atoms with van der Waals surface area (Å²) in [6.07, 6.45) is 2.52. The number of rotatable bonds is 6. The highest BCUT2D eigenvalue weighted by atomic mass is 32.1. The number of amides is 2. The van der Waals surface area contributed by atoms with Crippen LogP contribution in [0.25, 0.3) is 0 Å². The second-order valence-electron chi connectivity index (χ2n) is 5.02. The highest BCUT2D eigenvalue weighted by Crippen LogP contribution is 2.19. The van der Waals surface area contributed by atoms with Gasteiger partial charge in [0.1, 0.15) is 5.75 Å².